The zero-order chi connectivity index (χ0) is 22.8. The molecule has 0 unspecified atom stereocenters. The first-order chi connectivity index (χ1) is 14.6. The van der Waals surface area contributed by atoms with Gasteiger partial charge in [0.15, 0.2) is 5.82 Å². The quantitative estimate of drug-likeness (QED) is 0.623. The number of carbonyl (C=O) groups is 2. The van der Waals surface area contributed by atoms with Gasteiger partial charge in [0.05, 0.1) is 18.8 Å². The van der Waals surface area contributed by atoms with Crippen LogP contribution in [0.1, 0.15) is 11.1 Å². The molecular formula is C19H22FN5O5S. The second kappa shape index (κ2) is 8.78. The van der Waals surface area contributed by atoms with Crippen molar-refractivity contribution in [1.82, 2.24) is 14.5 Å². The van der Waals surface area contributed by atoms with Gasteiger partial charge >= 0.3 is 12.1 Å². The Morgan fingerprint density at radius 3 is 2.68 bits per heavy atom. The second-order valence-corrected chi connectivity index (χ2v) is 8.58. The Morgan fingerprint density at radius 2 is 2.00 bits per heavy atom. The fraction of sp³-hybridized carbons (Fsp3) is 0.263. The fourth-order valence-corrected chi connectivity index (χ4v) is 3.37. The molecule has 0 radical (unpaired) electrons. The molecule has 0 fully saturated rings. The number of nitrogens with one attached hydrogen (secondary N) is 3. The molecule has 31 heavy (non-hydrogen) atoms. The topological polar surface area (TPSA) is 120 Å². The summed E-state index contributed by atoms with van der Waals surface area (Å²) >= 11 is 0. The van der Waals surface area contributed by atoms with Crippen LogP contribution in [0.25, 0.3) is 0 Å². The Morgan fingerprint density at radius 1 is 1.26 bits per heavy atom. The number of rotatable bonds is 6. The Kier molecular flexibility index (Phi) is 6.32. The van der Waals surface area contributed by atoms with Gasteiger partial charge in [-0.05, 0) is 12.1 Å². The molecule has 12 heteroatoms. The van der Waals surface area contributed by atoms with E-state index in [1.807, 2.05) is 4.72 Å². The van der Waals surface area contributed by atoms with E-state index in [0.29, 0.717) is 17.0 Å². The number of urea groups is 1. The smallest absolute Gasteiger partial charge is 0.410 e. The highest BCUT2D eigenvalue weighted by Crippen LogP contribution is 2.31. The van der Waals surface area contributed by atoms with Gasteiger partial charge in [0.1, 0.15) is 5.75 Å². The van der Waals surface area contributed by atoms with Gasteiger partial charge in [-0.25, -0.2) is 18.7 Å². The first-order valence-electron chi connectivity index (χ1n) is 9.16. The van der Waals surface area contributed by atoms with Crippen LogP contribution >= 0.6 is 0 Å². The number of anilines is 2. The highest BCUT2D eigenvalue weighted by molar-refractivity contribution is 7.90. The molecule has 3 amide bonds. The summed E-state index contributed by atoms with van der Waals surface area (Å²) in [4.78, 5) is 26.9. The molecule has 2 aromatic rings. The van der Waals surface area contributed by atoms with Gasteiger partial charge in [-0.3, -0.25) is 9.62 Å². The average molecular weight is 451 g/mol. The minimum absolute atomic E-state index is 0.117. The molecule has 1 heterocycles. The first-order valence-corrected chi connectivity index (χ1v) is 10.6. The molecule has 166 valence electrons. The summed E-state index contributed by atoms with van der Waals surface area (Å²) in [5.74, 6) is -0.490. The van der Waals surface area contributed by atoms with Crippen molar-refractivity contribution >= 4 is 33.7 Å². The molecule has 0 aromatic heterocycles. The predicted molar refractivity (Wildman–Crippen MR) is 112 cm³/mol. The van der Waals surface area contributed by atoms with Crippen LogP contribution in [0.5, 0.6) is 5.75 Å². The van der Waals surface area contributed by atoms with Crippen molar-refractivity contribution in [3.63, 3.8) is 0 Å². The fourth-order valence-electron chi connectivity index (χ4n) is 2.82. The van der Waals surface area contributed by atoms with Crippen molar-refractivity contribution < 1.29 is 27.1 Å². The molecule has 1 aliphatic heterocycles. The van der Waals surface area contributed by atoms with Crippen LogP contribution in [0, 0.1) is 5.82 Å². The van der Waals surface area contributed by atoms with E-state index >= 15 is 0 Å². The Bertz CT molecular complexity index is 1120. The number of amides is 3. The number of nitrogens with zero attached hydrogens (tertiary/aromatic N) is 2. The van der Waals surface area contributed by atoms with Gasteiger partial charge in [0, 0.05) is 44.0 Å². The Hall–Kier alpha value is -3.38. The molecule has 2 aromatic carbocycles. The molecule has 0 aliphatic carbocycles. The van der Waals surface area contributed by atoms with E-state index in [4.69, 9.17) is 4.74 Å². The number of hydrogen-bond acceptors (Lipinski definition) is 5. The van der Waals surface area contributed by atoms with Crippen LogP contribution in [0.3, 0.4) is 0 Å². The summed E-state index contributed by atoms with van der Waals surface area (Å²) in [6, 6.07) is 8.80. The second-order valence-electron chi connectivity index (χ2n) is 6.96. The number of carbonyl (C=O) groups excluding carboxylic acids is 2. The van der Waals surface area contributed by atoms with Gasteiger partial charge in [-0.2, -0.15) is 8.42 Å². The largest absolute Gasteiger partial charge is 0.415 e. The van der Waals surface area contributed by atoms with E-state index < -0.39 is 22.1 Å². The van der Waals surface area contributed by atoms with Gasteiger partial charge in [0.25, 0.3) is 10.2 Å². The summed E-state index contributed by atoms with van der Waals surface area (Å²) in [7, 11) is 0.506. The molecule has 3 rings (SSSR count). The summed E-state index contributed by atoms with van der Waals surface area (Å²) < 4.78 is 47.5. The molecular weight excluding hydrogens is 429 g/mol. The van der Waals surface area contributed by atoms with E-state index in [2.05, 4.69) is 10.0 Å². The van der Waals surface area contributed by atoms with Crippen LogP contribution in [-0.4, -0.2) is 51.5 Å². The maximum Gasteiger partial charge on any atom is 0.415 e. The average Bonchev–Trinajstić information content (AvgIpc) is 2.71. The van der Waals surface area contributed by atoms with E-state index in [9.17, 15) is 22.4 Å². The van der Waals surface area contributed by atoms with Crippen molar-refractivity contribution in [2.24, 2.45) is 0 Å². The zero-order valence-corrected chi connectivity index (χ0v) is 17.9. The van der Waals surface area contributed by atoms with Crippen molar-refractivity contribution in [2.45, 2.75) is 13.1 Å². The highest BCUT2D eigenvalue weighted by Gasteiger charge is 2.27. The van der Waals surface area contributed by atoms with Crippen molar-refractivity contribution in [2.75, 3.05) is 31.2 Å². The zero-order valence-electron chi connectivity index (χ0n) is 17.1. The molecule has 0 atom stereocenters. The van der Waals surface area contributed by atoms with Gasteiger partial charge < -0.3 is 15.0 Å². The lowest BCUT2D eigenvalue weighted by Crippen LogP contribution is -2.37. The number of benzene rings is 2. The summed E-state index contributed by atoms with van der Waals surface area (Å²) in [6.45, 7) is 0.0281. The Balaban J connectivity index is 1.77. The highest BCUT2D eigenvalue weighted by atomic mass is 32.2. The number of halogens is 1. The van der Waals surface area contributed by atoms with Gasteiger partial charge in [-0.15, -0.1) is 0 Å². The van der Waals surface area contributed by atoms with E-state index in [-0.39, 0.29) is 30.4 Å². The van der Waals surface area contributed by atoms with Crippen LogP contribution in [0.2, 0.25) is 0 Å². The van der Waals surface area contributed by atoms with E-state index in [1.54, 1.807) is 32.3 Å². The van der Waals surface area contributed by atoms with Gasteiger partial charge in [0.2, 0.25) is 0 Å². The monoisotopic (exact) mass is 451 g/mol. The maximum atomic E-state index is 14.8. The Labute approximate surface area is 179 Å². The molecule has 0 bridgehead atoms. The third-order valence-corrected chi connectivity index (χ3v) is 5.52. The van der Waals surface area contributed by atoms with Crippen LogP contribution in [0.4, 0.5) is 25.4 Å². The van der Waals surface area contributed by atoms with E-state index in [1.165, 1.54) is 35.0 Å². The van der Waals surface area contributed by atoms with Crippen LogP contribution in [0.15, 0.2) is 36.4 Å². The molecule has 10 nitrogen and oxygen atoms in total. The lowest BCUT2D eigenvalue weighted by molar-refractivity contribution is 0.134. The van der Waals surface area contributed by atoms with Crippen molar-refractivity contribution in [3.05, 3.63) is 53.3 Å². The molecule has 0 saturated heterocycles. The number of hydrogen-bond donors (Lipinski definition) is 3. The number of ether oxygens (including phenoxy) is 1. The number of fused-ring (bicyclic) bond motifs is 1. The third kappa shape index (κ3) is 5.22. The van der Waals surface area contributed by atoms with Gasteiger partial charge in [-0.1, -0.05) is 18.2 Å². The predicted octanol–water partition coefficient (Wildman–Crippen LogP) is 2.31. The summed E-state index contributed by atoms with van der Waals surface area (Å²) in [6.07, 6.45) is -0.691. The molecule has 3 N–H and O–H groups in total. The summed E-state index contributed by atoms with van der Waals surface area (Å²) in [5.41, 5.74) is 1.02. The van der Waals surface area contributed by atoms with Crippen molar-refractivity contribution in [1.29, 1.82) is 0 Å². The minimum atomic E-state index is -3.89. The van der Waals surface area contributed by atoms with Crippen molar-refractivity contribution in [3.8, 4) is 5.75 Å². The molecule has 0 saturated carbocycles. The lowest BCUT2D eigenvalue weighted by atomic mass is 10.1. The van der Waals surface area contributed by atoms with Crippen LogP contribution < -0.4 is 19.5 Å². The van der Waals surface area contributed by atoms with E-state index in [0.717, 1.165) is 0 Å². The van der Waals surface area contributed by atoms with Crippen LogP contribution in [-0.2, 0) is 23.3 Å². The summed E-state index contributed by atoms with van der Waals surface area (Å²) in [5, 5.41) is 2.67. The molecule has 0 spiro atoms. The maximum absolute atomic E-state index is 14.8. The lowest BCUT2D eigenvalue weighted by Gasteiger charge is -2.28. The first kappa shape index (κ1) is 22.3. The minimum Gasteiger partial charge on any atom is -0.410 e. The normalized spacial score (nSPS) is 13.3. The third-order valence-electron chi connectivity index (χ3n) is 4.49. The standard InChI is InChI=1S/C19H22FN5O5S/c1-21-31(28,29)23-15-6-4-5-13(17(15)20)11-25-10-12-7-8-14(22-18(26)24(2)3)9-16(12)30-19(25)27/h4-9,21,23H,10-11H2,1-3H3,(H,22,26). The SMILES string of the molecule is CNS(=O)(=O)Nc1cccc(CN2Cc3ccc(NC(=O)N(C)C)cc3OC2=O)c1F. The molecule has 1 aliphatic rings.